The van der Waals surface area contributed by atoms with Gasteiger partial charge < -0.3 is 5.32 Å². The molecule has 0 saturated carbocycles. The number of ketones is 1. The maximum Gasteiger partial charge on any atom is 0.438 e. The number of carbonyl (C=O) groups is 1. The van der Waals surface area contributed by atoms with E-state index in [9.17, 15) is 18.0 Å². The predicted octanol–water partition coefficient (Wildman–Crippen LogP) is 5.54. The van der Waals surface area contributed by atoms with Gasteiger partial charge in [-0.2, -0.15) is 13.2 Å². The van der Waals surface area contributed by atoms with Gasteiger partial charge in [-0.05, 0) is 37.3 Å². The number of hydrogen-bond acceptors (Lipinski definition) is 3. The fourth-order valence-corrected chi connectivity index (χ4v) is 4.05. The highest BCUT2D eigenvalue weighted by molar-refractivity contribution is 6.12. The molecule has 5 rings (SSSR count). The van der Waals surface area contributed by atoms with Gasteiger partial charge in [0.1, 0.15) is 5.82 Å². The zero-order valence-electron chi connectivity index (χ0n) is 15.9. The van der Waals surface area contributed by atoms with Crippen molar-refractivity contribution in [2.24, 2.45) is 0 Å². The van der Waals surface area contributed by atoms with Gasteiger partial charge in [-0.15, -0.1) is 0 Å². The summed E-state index contributed by atoms with van der Waals surface area (Å²) in [6.45, 7) is 1.74. The lowest BCUT2D eigenvalue weighted by molar-refractivity contribution is -0.186. The fourth-order valence-electron chi connectivity index (χ4n) is 4.05. The molecule has 30 heavy (non-hydrogen) atoms. The summed E-state index contributed by atoms with van der Waals surface area (Å²) in [5.41, 5.74) is -1.15. The van der Waals surface area contributed by atoms with Gasteiger partial charge in [0.15, 0.2) is 0 Å². The number of anilines is 1. The predicted molar refractivity (Wildman–Crippen MR) is 108 cm³/mol. The van der Waals surface area contributed by atoms with Crippen LogP contribution in [0, 0.1) is 6.92 Å². The molecular formula is C23H16F3N3O. The number of nitrogens with zero attached hydrogens (tertiary/aromatic N) is 2. The number of alkyl halides is 3. The van der Waals surface area contributed by atoms with Crippen molar-refractivity contribution < 1.29 is 18.0 Å². The highest BCUT2D eigenvalue weighted by atomic mass is 19.4. The number of aromatic nitrogens is 2. The number of para-hydroxylation sites is 3. The maximum atomic E-state index is 14.9. The molecule has 1 aliphatic heterocycles. The van der Waals surface area contributed by atoms with Crippen molar-refractivity contribution in [3.05, 3.63) is 83.9 Å². The first-order chi connectivity index (χ1) is 14.3. The number of Topliss-reactive ketones (excluding diaryl/α,β-unsaturated/α-hetero) is 1. The van der Waals surface area contributed by atoms with E-state index in [1.54, 1.807) is 61.5 Å². The Bertz CT molecular complexity index is 1290. The molecule has 0 bridgehead atoms. The number of rotatable bonds is 2. The second-order valence-corrected chi connectivity index (χ2v) is 7.34. The standard InChI is InChI=1S/C23H16F3N3O/c1-14-11-12-16-17(13-14)20(30)22(23(24,25)26,28-15-7-3-2-4-8-15)29-19-10-6-5-9-18(19)27-21(16)29/h2-13,28H,1H3. The molecule has 7 heteroatoms. The molecule has 0 spiro atoms. The van der Waals surface area contributed by atoms with Gasteiger partial charge in [0.2, 0.25) is 5.78 Å². The third-order valence-corrected chi connectivity index (χ3v) is 5.39. The molecule has 2 heterocycles. The molecule has 4 nitrogen and oxygen atoms in total. The van der Waals surface area contributed by atoms with E-state index in [0.717, 1.165) is 4.57 Å². The molecule has 0 radical (unpaired) electrons. The molecule has 0 amide bonds. The largest absolute Gasteiger partial charge is 0.438 e. The topological polar surface area (TPSA) is 46.9 Å². The van der Waals surface area contributed by atoms with Gasteiger partial charge in [0, 0.05) is 16.8 Å². The normalized spacial score (nSPS) is 18.2. The third kappa shape index (κ3) is 2.41. The van der Waals surface area contributed by atoms with Crippen molar-refractivity contribution in [3.63, 3.8) is 0 Å². The Morgan fingerprint density at radius 1 is 0.933 bits per heavy atom. The molecule has 0 saturated heterocycles. The van der Waals surface area contributed by atoms with Crippen LogP contribution in [0.3, 0.4) is 0 Å². The first-order valence-electron chi connectivity index (χ1n) is 9.37. The first-order valence-corrected chi connectivity index (χ1v) is 9.37. The lowest BCUT2D eigenvalue weighted by atomic mass is 9.87. The molecule has 1 N–H and O–H groups in total. The molecule has 0 fully saturated rings. The molecular weight excluding hydrogens is 391 g/mol. The van der Waals surface area contributed by atoms with Crippen molar-refractivity contribution in [3.8, 4) is 11.4 Å². The second-order valence-electron chi connectivity index (χ2n) is 7.34. The fraction of sp³-hybridized carbons (Fsp3) is 0.130. The van der Waals surface area contributed by atoms with Crippen LogP contribution in [0.25, 0.3) is 22.4 Å². The van der Waals surface area contributed by atoms with Crippen molar-refractivity contribution >= 4 is 22.5 Å². The van der Waals surface area contributed by atoms with Crippen molar-refractivity contribution in [2.75, 3.05) is 5.32 Å². The van der Waals surface area contributed by atoms with Gasteiger partial charge in [0.05, 0.1) is 11.0 Å². The van der Waals surface area contributed by atoms with Crippen LogP contribution in [0.5, 0.6) is 0 Å². The van der Waals surface area contributed by atoms with E-state index in [4.69, 9.17) is 0 Å². The Balaban J connectivity index is 1.92. The number of nitrogens with one attached hydrogen (secondary N) is 1. The van der Waals surface area contributed by atoms with E-state index in [2.05, 4.69) is 10.3 Å². The van der Waals surface area contributed by atoms with Gasteiger partial charge in [-0.1, -0.05) is 48.0 Å². The first kappa shape index (κ1) is 18.4. The van der Waals surface area contributed by atoms with Crippen LogP contribution in [0.15, 0.2) is 72.8 Å². The zero-order valence-corrected chi connectivity index (χ0v) is 15.9. The van der Waals surface area contributed by atoms with Crippen molar-refractivity contribution in [1.82, 2.24) is 9.55 Å². The number of halogens is 3. The SMILES string of the molecule is Cc1ccc2c(c1)C(=O)C(Nc1ccccc1)(C(F)(F)F)n1c-2nc2ccccc21. The smallest absolute Gasteiger partial charge is 0.348 e. The quantitative estimate of drug-likeness (QED) is 0.475. The highest BCUT2D eigenvalue weighted by Gasteiger charge is 2.65. The number of aryl methyl sites for hydroxylation is 1. The number of carbonyl (C=O) groups excluding carboxylic acids is 1. The lowest BCUT2D eigenvalue weighted by Crippen LogP contribution is -2.61. The average molecular weight is 407 g/mol. The van der Waals surface area contributed by atoms with Crippen LogP contribution >= 0.6 is 0 Å². The van der Waals surface area contributed by atoms with Gasteiger partial charge in [-0.3, -0.25) is 9.36 Å². The number of hydrogen-bond donors (Lipinski definition) is 1. The third-order valence-electron chi connectivity index (χ3n) is 5.39. The van der Waals surface area contributed by atoms with Gasteiger partial charge in [0.25, 0.3) is 5.66 Å². The summed E-state index contributed by atoms with van der Waals surface area (Å²) in [4.78, 5) is 18.1. The van der Waals surface area contributed by atoms with Gasteiger partial charge >= 0.3 is 6.18 Å². The van der Waals surface area contributed by atoms with E-state index >= 15 is 0 Å². The Morgan fingerprint density at radius 2 is 1.63 bits per heavy atom. The average Bonchev–Trinajstić information content (AvgIpc) is 3.11. The molecule has 1 unspecified atom stereocenters. The number of imidazole rings is 1. The van der Waals surface area contributed by atoms with Gasteiger partial charge in [-0.25, -0.2) is 4.98 Å². The minimum absolute atomic E-state index is 0.00133. The van der Waals surface area contributed by atoms with Crippen LogP contribution in [0.2, 0.25) is 0 Å². The zero-order chi connectivity index (χ0) is 21.1. The van der Waals surface area contributed by atoms with Crippen LogP contribution in [0.1, 0.15) is 15.9 Å². The number of fused-ring (bicyclic) bond motifs is 5. The molecule has 1 aliphatic rings. The summed E-state index contributed by atoms with van der Waals surface area (Å²) in [6, 6.07) is 19.4. The minimum atomic E-state index is -4.94. The summed E-state index contributed by atoms with van der Waals surface area (Å²) in [5, 5.41) is 2.53. The highest BCUT2D eigenvalue weighted by Crippen LogP contribution is 2.48. The lowest BCUT2D eigenvalue weighted by Gasteiger charge is -2.41. The second kappa shape index (κ2) is 6.19. The van der Waals surface area contributed by atoms with Crippen LogP contribution in [0.4, 0.5) is 18.9 Å². The Kier molecular flexibility index (Phi) is 3.80. The molecule has 1 aromatic heterocycles. The van der Waals surface area contributed by atoms with E-state index in [1.807, 2.05) is 0 Å². The minimum Gasteiger partial charge on any atom is -0.348 e. The molecule has 1 atom stereocenters. The summed E-state index contributed by atoms with van der Waals surface area (Å²) >= 11 is 0. The van der Waals surface area contributed by atoms with Crippen molar-refractivity contribution in [1.29, 1.82) is 0 Å². The molecule has 3 aromatic carbocycles. The summed E-state index contributed by atoms with van der Waals surface area (Å²) in [6.07, 6.45) is -4.94. The van der Waals surface area contributed by atoms with E-state index in [0.29, 0.717) is 16.6 Å². The van der Waals surface area contributed by atoms with Crippen LogP contribution < -0.4 is 5.32 Å². The van der Waals surface area contributed by atoms with Crippen LogP contribution in [-0.2, 0) is 5.66 Å². The summed E-state index contributed by atoms with van der Waals surface area (Å²) < 4.78 is 45.6. The monoisotopic (exact) mass is 407 g/mol. The summed E-state index contributed by atoms with van der Waals surface area (Å²) in [5.74, 6) is -0.959. The van der Waals surface area contributed by atoms with Crippen LogP contribution in [-0.4, -0.2) is 21.5 Å². The van der Waals surface area contributed by atoms with Crippen molar-refractivity contribution in [2.45, 2.75) is 18.8 Å². The molecule has 150 valence electrons. The maximum absolute atomic E-state index is 14.9. The molecule has 0 aliphatic carbocycles. The Morgan fingerprint density at radius 3 is 2.37 bits per heavy atom. The van der Waals surface area contributed by atoms with E-state index in [1.165, 1.54) is 18.2 Å². The Labute approximate surface area is 170 Å². The summed E-state index contributed by atoms with van der Waals surface area (Å²) in [7, 11) is 0. The molecule has 4 aromatic rings. The van der Waals surface area contributed by atoms with E-state index < -0.39 is 17.6 Å². The Hall–Kier alpha value is -3.61. The number of benzene rings is 3. The van der Waals surface area contributed by atoms with E-state index in [-0.39, 0.29) is 22.6 Å².